The summed E-state index contributed by atoms with van der Waals surface area (Å²) in [4.78, 5) is 15.5. The van der Waals surface area contributed by atoms with Gasteiger partial charge in [0.1, 0.15) is 11.2 Å². The lowest BCUT2D eigenvalue weighted by Crippen LogP contribution is -2.18. The Labute approximate surface area is 140 Å². The molecule has 0 saturated heterocycles. The van der Waals surface area contributed by atoms with Crippen molar-refractivity contribution in [3.63, 3.8) is 0 Å². The number of esters is 1. The molecule has 6 nitrogen and oxygen atoms in total. The highest BCUT2D eigenvalue weighted by Crippen LogP contribution is 2.23. The zero-order valence-electron chi connectivity index (χ0n) is 11.6. The van der Waals surface area contributed by atoms with Crippen LogP contribution in [0.4, 0.5) is 0 Å². The number of nitrogens with zero attached hydrogens (tertiary/aromatic N) is 1. The molecule has 0 aliphatic carbocycles. The SMILES string of the molecule is CCOCCOCCOC(=O)COc1ccc(Br)c(Br)n1. The van der Waals surface area contributed by atoms with Crippen molar-refractivity contribution in [2.24, 2.45) is 0 Å². The minimum absolute atomic E-state index is 0.186. The lowest BCUT2D eigenvalue weighted by Gasteiger charge is -2.07. The molecule has 0 spiro atoms. The van der Waals surface area contributed by atoms with E-state index in [0.29, 0.717) is 36.9 Å². The smallest absolute Gasteiger partial charge is 0.344 e. The number of pyridine rings is 1. The molecule has 0 atom stereocenters. The average Bonchev–Trinajstić information content (AvgIpc) is 2.47. The Hall–Kier alpha value is -0.700. The van der Waals surface area contributed by atoms with Crippen LogP contribution in [0.2, 0.25) is 0 Å². The van der Waals surface area contributed by atoms with E-state index in [1.807, 2.05) is 6.92 Å². The Balaban J connectivity index is 2.09. The second-order valence-corrected chi connectivity index (χ2v) is 5.35. The number of hydrogen-bond donors (Lipinski definition) is 0. The molecule has 0 bridgehead atoms. The Bertz CT molecular complexity index is 445. The molecule has 1 rings (SSSR count). The quantitative estimate of drug-likeness (QED) is 0.325. The first kappa shape index (κ1) is 18.3. The molecule has 0 aliphatic rings. The van der Waals surface area contributed by atoms with Crippen LogP contribution in [-0.4, -0.2) is 50.6 Å². The van der Waals surface area contributed by atoms with E-state index in [4.69, 9.17) is 18.9 Å². The summed E-state index contributed by atoms with van der Waals surface area (Å²) in [6.07, 6.45) is 0. The molecular formula is C13H17Br2NO5. The number of carbonyl (C=O) groups excluding carboxylic acids is 1. The lowest BCUT2D eigenvalue weighted by molar-refractivity contribution is -0.147. The largest absolute Gasteiger partial charge is 0.466 e. The molecule has 118 valence electrons. The van der Waals surface area contributed by atoms with Gasteiger partial charge in [-0.3, -0.25) is 0 Å². The highest BCUT2D eigenvalue weighted by Gasteiger charge is 2.06. The Morgan fingerprint density at radius 2 is 1.86 bits per heavy atom. The minimum Gasteiger partial charge on any atom is -0.466 e. The topological polar surface area (TPSA) is 66.9 Å². The molecule has 0 saturated carbocycles. The number of halogens is 2. The maximum absolute atomic E-state index is 11.4. The zero-order chi connectivity index (χ0) is 15.5. The second kappa shape index (κ2) is 10.9. The lowest BCUT2D eigenvalue weighted by atomic mass is 10.5. The number of hydrogen-bond acceptors (Lipinski definition) is 6. The van der Waals surface area contributed by atoms with Crippen LogP contribution < -0.4 is 4.74 Å². The second-order valence-electron chi connectivity index (χ2n) is 3.74. The van der Waals surface area contributed by atoms with E-state index in [2.05, 4.69) is 36.8 Å². The van der Waals surface area contributed by atoms with Crippen molar-refractivity contribution in [3.05, 3.63) is 21.2 Å². The summed E-state index contributed by atoms with van der Waals surface area (Å²) in [6.45, 7) is 3.93. The summed E-state index contributed by atoms with van der Waals surface area (Å²) in [6, 6.07) is 3.42. The molecule has 0 N–H and O–H groups in total. The molecule has 1 heterocycles. The van der Waals surface area contributed by atoms with Gasteiger partial charge in [0.15, 0.2) is 6.61 Å². The molecule has 1 aromatic heterocycles. The van der Waals surface area contributed by atoms with Crippen LogP contribution in [0.25, 0.3) is 0 Å². The maximum atomic E-state index is 11.4. The van der Waals surface area contributed by atoms with Gasteiger partial charge in [-0.2, -0.15) is 0 Å². The summed E-state index contributed by atoms with van der Waals surface area (Å²) < 4.78 is 21.9. The molecule has 1 aromatic rings. The fourth-order valence-electron chi connectivity index (χ4n) is 1.23. The van der Waals surface area contributed by atoms with Crippen LogP contribution in [0.15, 0.2) is 21.2 Å². The van der Waals surface area contributed by atoms with Crippen molar-refractivity contribution < 1.29 is 23.7 Å². The standard InChI is InChI=1S/C13H17Br2NO5/c1-2-18-5-6-19-7-8-20-12(17)9-21-11-4-3-10(14)13(15)16-11/h3-4H,2,5-9H2,1H3. The van der Waals surface area contributed by atoms with Crippen LogP contribution in [0, 0.1) is 0 Å². The summed E-state index contributed by atoms with van der Waals surface area (Å²) >= 11 is 6.54. The molecule has 0 amide bonds. The number of carbonyl (C=O) groups is 1. The highest BCUT2D eigenvalue weighted by molar-refractivity contribution is 9.13. The predicted molar refractivity (Wildman–Crippen MR) is 83.4 cm³/mol. The van der Waals surface area contributed by atoms with E-state index in [1.165, 1.54) is 0 Å². The Morgan fingerprint density at radius 1 is 1.14 bits per heavy atom. The van der Waals surface area contributed by atoms with E-state index in [1.54, 1.807) is 12.1 Å². The Morgan fingerprint density at radius 3 is 2.57 bits per heavy atom. The third kappa shape index (κ3) is 8.35. The van der Waals surface area contributed by atoms with Gasteiger partial charge in [-0.15, -0.1) is 0 Å². The van der Waals surface area contributed by atoms with Crippen LogP contribution in [0.1, 0.15) is 6.92 Å². The van der Waals surface area contributed by atoms with Crippen LogP contribution >= 0.6 is 31.9 Å². The number of rotatable bonds is 10. The maximum Gasteiger partial charge on any atom is 0.344 e. The minimum atomic E-state index is -0.468. The number of ether oxygens (including phenoxy) is 4. The van der Waals surface area contributed by atoms with Gasteiger partial charge in [0.2, 0.25) is 5.88 Å². The van der Waals surface area contributed by atoms with Crippen LogP contribution in [0.3, 0.4) is 0 Å². The summed E-state index contributed by atoms with van der Waals surface area (Å²) in [5.41, 5.74) is 0. The number of aromatic nitrogens is 1. The van der Waals surface area contributed by atoms with Crippen molar-refractivity contribution in [3.8, 4) is 5.88 Å². The van der Waals surface area contributed by atoms with Crippen molar-refractivity contribution >= 4 is 37.8 Å². The van der Waals surface area contributed by atoms with Gasteiger partial charge in [0.05, 0.1) is 24.3 Å². The van der Waals surface area contributed by atoms with Gasteiger partial charge >= 0.3 is 5.97 Å². The van der Waals surface area contributed by atoms with Gasteiger partial charge in [-0.05, 0) is 44.8 Å². The molecule has 0 aromatic carbocycles. The van der Waals surface area contributed by atoms with Crippen molar-refractivity contribution in [1.29, 1.82) is 0 Å². The molecule has 8 heteroatoms. The van der Waals surface area contributed by atoms with Crippen molar-refractivity contribution in [2.45, 2.75) is 6.92 Å². The van der Waals surface area contributed by atoms with Crippen LogP contribution in [0.5, 0.6) is 5.88 Å². The van der Waals surface area contributed by atoms with Gasteiger partial charge in [-0.25, -0.2) is 9.78 Å². The van der Waals surface area contributed by atoms with Gasteiger partial charge in [0, 0.05) is 12.7 Å². The third-order valence-electron chi connectivity index (χ3n) is 2.18. The Kier molecular flexibility index (Phi) is 9.56. The molecule has 0 radical (unpaired) electrons. The van der Waals surface area contributed by atoms with E-state index in [-0.39, 0.29) is 13.2 Å². The van der Waals surface area contributed by atoms with E-state index >= 15 is 0 Å². The molecule has 21 heavy (non-hydrogen) atoms. The first-order valence-electron chi connectivity index (χ1n) is 6.39. The first-order chi connectivity index (χ1) is 10.1. The summed E-state index contributed by atoms with van der Waals surface area (Å²) in [7, 11) is 0. The van der Waals surface area contributed by atoms with Gasteiger partial charge < -0.3 is 18.9 Å². The van der Waals surface area contributed by atoms with E-state index in [9.17, 15) is 4.79 Å². The average molecular weight is 427 g/mol. The fraction of sp³-hybridized carbons (Fsp3) is 0.538. The monoisotopic (exact) mass is 425 g/mol. The van der Waals surface area contributed by atoms with Gasteiger partial charge in [-0.1, -0.05) is 0 Å². The van der Waals surface area contributed by atoms with Crippen molar-refractivity contribution in [1.82, 2.24) is 4.98 Å². The first-order valence-corrected chi connectivity index (χ1v) is 7.98. The van der Waals surface area contributed by atoms with Crippen LogP contribution in [-0.2, 0) is 19.0 Å². The molecular weight excluding hydrogens is 410 g/mol. The van der Waals surface area contributed by atoms with E-state index < -0.39 is 5.97 Å². The van der Waals surface area contributed by atoms with Crippen molar-refractivity contribution in [2.75, 3.05) is 39.6 Å². The van der Waals surface area contributed by atoms with E-state index in [0.717, 1.165) is 4.47 Å². The zero-order valence-corrected chi connectivity index (χ0v) is 14.8. The molecule has 0 fully saturated rings. The highest BCUT2D eigenvalue weighted by atomic mass is 79.9. The molecule has 0 unspecified atom stereocenters. The summed E-state index contributed by atoms with van der Waals surface area (Å²) in [5.74, 6) is -0.126. The predicted octanol–water partition coefficient (Wildman–Crippen LogP) is 2.58. The molecule has 0 aliphatic heterocycles. The fourth-order valence-corrected chi connectivity index (χ4v) is 1.76. The summed E-state index contributed by atoms with van der Waals surface area (Å²) in [5, 5.41) is 0. The normalized spacial score (nSPS) is 10.4. The third-order valence-corrected chi connectivity index (χ3v) is 3.96. The van der Waals surface area contributed by atoms with Gasteiger partial charge in [0.25, 0.3) is 0 Å².